The van der Waals surface area contributed by atoms with Crippen LogP contribution in [0.3, 0.4) is 0 Å². The lowest BCUT2D eigenvalue weighted by atomic mass is 10.1. The van der Waals surface area contributed by atoms with Crippen LogP contribution in [0.1, 0.15) is 17.5 Å². The first-order chi connectivity index (χ1) is 9.63. The van der Waals surface area contributed by atoms with E-state index in [0.29, 0.717) is 17.3 Å². The summed E-state index contributed by atoms with van der Waals surface area (Å²) in [4.78, 5) is 4.44. The summed E-state index contributed by atoms with van der Waals surface area (Å²) in [6, 6.07) is 13.0. The van der Waals surface area contributed by atoms with Gasteiger partial charge >= 0.3 is 0 Å². The van der Waals surface area contributed by atoms with Crippen molar-refractivity contribution in [2.45, 2.75) is 12.5 Å². The monoisotopic (exact) mass is 350 g/mol. The van der Waals surface area contributed by atoms with Gasteiger partial charge in [-0.2, -0.15) is 0 Å². The standard InChI is InChI=1S/C15H12BrClN2O/c16-11-6-5-9(17)7-10(11)12(18)8-15-19-13-3-1-2-4-14(13)20-15/h1-7,12H,8,18H2. The smallest absolute Gasteiger partial charge is 0.197 e. The first kappa shape index (κ1) is 13.6. The Hall–Kier alpha value is -1.36. The van der Waals surface area contributed by atoms with Crippen molar-refractivity contribution in [1.82, 2.24) is 4.98 Å². The van der Waals surface area contributed by atoms with Crippen molar-refractivity contribution in [1.29, 1.82) is 0 Å². The Bertz CT molecular complexity index is 723. The Balaban J connectivity index is 1.88. The second-order valence-corrected chi connectivity index (χ2v) is 5.84. The van der Waals surface area contributed by atoms with Gasteiger partial charge in [-0.25, -0.2) is 4.98 Å². The third kappa shape index (κ3) is 2.73. The minimum Gasteiger partial charge on any atom is -0.441 e. The van der Waals surface area contributed by atoms with E-state index in [2.05, 4.69) is 20.9 Å². The minimum absolute atomic E-state index is 0.226. The summed E-state index contributed by atoms with van der Waals surface area (Å²) in [5.41, 5.74) is 8.80. The summed E-state index contributed by atoms with van der Waals surface area (Å²) in [7, 11) is 0. The van der Waals surface area contributed by atoms with E-state index in [1.165, 1.54) is 0 Å². The summed E-state index contributed by atoms with van der Waals surface area (Å²) in [6.07, 6.45) is 0.521. The molecule has 102 valence electrons. The molecule has 3 rings (SSSR count). The number of benzene rings is 2. The van der Waals surface area contributed by atoms with Gasteiger partial charge in [-0.15, -0.1) is 0 Å². The van der Waals surface area contributed by atoms with Crippen LogP contribution in [-0.2, 0) is 6.42 Å². The molecule has 2 N–H and O–H groups in total. The molecule has 0 aliphatic rings. The summed E-state index contributed by atoms with van der Waals surface area (Å²) in [5, 5.41) is 0.663. The van der Waals surface area contributed by atoms with Crippen LogP contribution in [0.15, 0.2) is 51.4 Å². The van der Waals surface area contributed by atoms with Gasteiger partial charge in [0, 0.05) is 22.0 Å². The average molecular weight is 352 g/mol. The summed E-state index contributed by atoms with van der Waals surface area (Å²) in [6.45, 7) is 0. The fourth-order valence-electron chi connectivity index (χ4n) is 2.10. The van der Waals surface area contributed by atoms with Gasteiger partial charge in [-0.3, -0.25) is 0 Å². The number of nitrogens with zero attached hydrogens (tertiary/aromatic N) is 1. The third-order valence-electron chi connectivity index (χ3n) is 3.09. The van der Waals surface area contributed by atoms with Gasteiger partial charge in [0.15, 0.2) is 11.5 Å². The Morgan fingerprint density at radius 3 is 2.85 bits per heavy atom. The number of halogens is 2. The molecule has 1 heterocycles. The van der Waals surface area contributed by atoms with Crippen LogP contribution in [0, 0.1) is 0 Å². The third-order valence-corrected chi connectivity index (χ3v) is 4.05. The molecule has 0 bridgehead atoms. The van der Waals surface area contributed by atoms with Crippen molar-refractivity contribution >= 4 is 38.6 Å². The number of rotatable bonds is 3. The Labute approximate surface area is 129 Å². The highest BCUT2D eigenvalue weighted by atomic mass is 79.9. The number of nitrogens with two attached hydrogens (primary N) is 1. The van der Waals surface area contributed by atoms with Gasteiger partial charge in [0.1, 0.15) is 5.52 Å². The van der Waals surface area contributed by atoms with Crippen molar-refractivity contribution in [3.05, 3.63) is 63.4 Å². The van der Waals surface area contributed by atoms with Crippen molar-refractivity contribution in [2.24, 2.45) is 5.73 Å². The van der Waals surface area contributed by atoms with Crippen LogP contribution in [0.2, 0.25) is 5.02 Å². The Morgan fingerprint density at radius 1 is 1.25 bits per heavy atom. The maximum Gasteiger partial charge on any atom is 0.197 e. The van der Waals surface area contributed by atoms with Crippen LogP contribution in [0.4, 0.5) is 0 Å². The van der Waals surface area contributed by atoms with E-state index in [1.54, 1.807) is 0 Å². The molecule has 5 heteroatoms. The van der Waals surface area contributed by atoms with E-state index in [9.17, 15) is 0 Å². The van der Waals surface area contributed by atoms with Crippen LogP contribution in [-0.4, -0.2) is 4.98 Å². The molecule has 0 aliphatic carbocycles. The molecule has 0 radical (unpaired) electrons. The van der Waals surface area contributed by atoms with Crippen LogP contribution in [0.5, 0.6) is 0 Å². The Kier molecular flexibility index (Phi) is 3.78. The quantitative estimate of drug-likeness (QED) is 0.756. The van der Waals surface area contributed by atoms with Crippen molar-refractivity contribution < 1.29 is 4.42 Å². The van der Waals surface area contributed by atoms with Gasteiger partial charge in [0.2, 0.25) is 0 Å². The highest BCUT2D eigenvalue weighted by molar-refractivity contribution is 9.10. The molecule has 0 aliphatic heterocycles. The number of fused-ring (bicyclic) bond motifs is 1. The molecule has 1 unspecified atom stereocenters. The molecule has 0 fully saturated rings. The lowest BCUT2D eigenvalue weighted by Crippen LogP contribution is -2.14. The largest absolute Gasteiger partial charge is 0.441 e. The van der Waals surface area contributed by atoms with E-state index in [1.807, 2.05) is 42.5 Å². The molecule has 3 nitrogen and oxygen atoms in total. The normalized spacial score (nSPS) is 12.8. The second kappa shape index (κ2) is 5.56. The highest BCUT2D eigenvalue weighted by Gasteiger charge is 2.15. The number of aromatic nitrogens is 1. The maximum atomic E-state index is 6.23. The lowest BCUT2D eigenvalue weighted by Gasteiger charge is -2.12. The molecule has 1 atom stereocenters. The first-order valence-corrected chi connectivity index (χ1v) is 7.35. The predicted molar refractivity (Wildman–Crippen MR) is 83.8 cm³/mol. The summed E-state index contributed by atoms with van der Waals surface area (Å²) in [5.74, 6) is 0.630. The zero-order valence-electron chi connectivity index (χ0n) is 10.5. The second-order valence-electron chi connectivity index (χ2n) is 4.55. The topological polar surface area (TPSA) is 52.0 Å². The molecule has 0 amide bonds. The van der Waals surface area contributed by atoms with E-state index < -0.39 is 0 Å². The number of hydrogen-bond acceptors (Lipinski definition) is 3. The molecular formula is C15H12BrClN2O. The number of oxazole rings is 1. The molecule has 2 aromatic carbocycles. The Morgan fingerprint density at radius 2 is 2.05 bits per heavy atom. The number of para-hydroxylation sites is 2. The first-order valence-electron chi connectivity index (χ1n) is 6.18. The average Bonchev–Trinajstić information content (AvgIpc) is 2.83. The van der Waals surface area contributed by atoms with Gasteiger partial charge in [-0.05, 0) is 35.9 Å². The molecule has 20 heavy (non-hydrogen) atoms. The molecule has 0 saturated heterocycles. The zero-order valence-corrected chi connectivity index (χ0v) is 12.9. The fraction of sp³-hybridized carbons (Fsp3) is 0.133. The predicted octanol–water partition coefficient (Wildman–Crippen LogP) is 4.49. The molecule has 3 aromatic rings. The van der Waals surface area contributed by atoms with Crippen LogP contribution in [0.25, 0.3) is 11.1 Å². The van der Waals surface area contributed by atoms with Gasteiger partial charge in [-0.1, -0.05) is 39.7 Å². The van der Waals surface area contributed by atoms with Gasteiger partial charge in [0.25, 0.3) is 0 Å². The summed E-state index contributed by atoms with van der Waals surface area (Å²) >= 11 is 9.50. The van der Waals surface area contributed by atoms with Crippen LogP contribution >= 0.6 is 27.5 Å². The zero-order chi connectivity index (χ0) is 14.1. The van der Waals surface area contributed by atoms with Crippen molar-refractivity contribution in [3.8, 4) is 0 Å². The number of hydrogen-bond donors (Lipinski definition) is 1. The fourth-order valence-corrected chi connectivity index (χ4v) is 2.83. The minimum atomic E-state index is -0.226. The summed E-state index contributed by atoms with van der Waals surface area (Å²) < 4.78 is 6.63. The lowest BCUT2D eigenvalue weighted by molar-refractivity contribution is 0.502. The molecule has 0 saturated carbocycles. The molecule has 0 spiro atoms. The molecule has 1 aromatic heterocycles. The highest BCUT2D eigenvalue weighted by Crippen LogP contribution is 2.28. The van der Waals surface area contributed by atoms with Crippen molar-refractivity contribution in [3.63, 3.8) is 0 Å². The van der Waals surface area contributed by atoms with E-state index >= 15 is 0 Å². The molecular weight excluding hydrogens is 340 g/mol. The van der Waals surface area contributed by atoms with E-state index in [4.69, 9.17) is 21.8 Å². The SMILES string of the molecule is NC(Cc1nc2ccccc2o1)c1cc(Cl)ccc1Br. The van der Waals surface area contributed by atoms with Crippen LogP contribution < -0.4 is 5.73 Å². The van der Waals surface area contributed by atoms with E-state index in [-0.39, 0.29) is 6.04 Å². The van der Waals surface area contributed by atoms with Gasteiger partial charge < -0.3 is 10.2 Å². The van der Waals surface area contributed by atoms with Gasteiger partial charge in [0.05, 0.1) is 0 Å². The maximum absolute atomic E-state index is 6.23. The van der Waals surface area contributed by atoms with Crippen molar-refractivity contribution in [2.75, 3.05) is 0 Å². The van der Waals surface area contributed by atoms with E-state index in [0.717, 1.165) is 21.1 Å².